The molecular weight excluding hydrogens is 220 g/mol. The number of hydrogen-bond acceptors (Lipinski definition) is 4. The molecule has 2 rings (SSSR count). The van der Waals surface area contributed by atoms with Crippen molar-refractivity contribution in [3.8, 4) is 0 Å². The lowest BCUT2D eigenvalue weighted by atomic mass is 9.89. The summed E-state index contributed by atoms with van der Waals surface area (Å²) >= 11 is 0. The summed E-state index contributed by atoms with van der Waals surface area (Å²) in [5.41, 5.74) is 1.35. The average Bonchev–Trinajstić information content (AvgIpc) is 2.80. The lowest BCUT2D eigenvalue weighted by Crippen LogP contribution is -2.33. The molecule has 0 amide bonds. The zero-order valence-electron chi connectivity index (χ0n) is 10.4. The number of carbonyl (C=O) groups excluding carboxylic acids is 1. The topological polar surface area (TPSA) is 44.8 Å². The van der Waals surface area contributed by atoms with Crippen LogP contribution in [0.5, 0.6) is 0 Å². The van der Waals surface area contributed by atoms with Gasteiger partial charge in [-0.15, -0.1) is 0 Å². The molecule has 4 heteroatoms. The maximum Gasteiger partial charge on any atom is 0.305 e. The van der Waals surface area contributed by atoms with Gasteiger partial charge in [-0.25, -0.2) is 0 Å². The molecule has 17 heavy (non-hydrogen) atoms. The van der Waals surface area contributed by atoms with E-state index < -0.39 is 0 Å². The fraction of sp³-hybridized carbons (Fsp3) is 0.769. The van der Waals surface area contributed by atoms with Gasteiger partial charge in [0.05, 0.1) is 13.2 Å². The van der Waals surface area contributed by atoms with Crippen molar-refractivity contribution < 1.29 is 19.0 Å². The molecule has 0 aromatic carbocycles. The molecule has 1 heterocycles. The summed E-state index contributed by atoms with van der Waals surface area (Å²) in [6.07, 6.45) is 6.25. The first kappa shape index (κ1) is 12.6. The molecule has 0 unspecified atom stereocenters. The van der Waals surface area contributed by atoms with Gasteiger partial charge < -0.3 is 14.2 Å². The predicted octanol–water partition coefficient (Wildman–Crippen LogP) is 2.18. The summed E-state index contributed by atoms with van der Waals surface area (Å²) in [6, 6.07) is 0. The Labute approximate surface area is 102 Å². The van der Waals surface area contributed by atoms with Crippen molar-refractivity contribution in [2.75, 3.05) is 19.8 Å². The molecule has 0 aromatic heterocycles. The van der Waals surface area contributed by atoms with E-state index >= 15 is 0 Å². The molecule has 1 aliphatic carbocycles. The fourth-order valence-electron chi connectivity index (χ4n) is 2.30. The van der Waals surface area contributed by atoms with E-state index in [0.717, 1.165) is 25.7 Å². The third-order valence-electron chi connectivity index (χ3n) is 3.37. The van der Waals surface area contributed by atoms with Crippen LogP contribution in [0, 0.1) is 0 Å². The van der Waals surface area contributed by atoms with E-state index in [9.17, 15) is 4.79 Å². The first-order valence-corrected chi connectivity index (χ1v) is 6.35. The van der Waals surface area contributed by atoms with Crippen molar-refractivity contribution in [3.05, 3.63) is 11.6 Å². The molecule has 2 aliphatic rings. The Balaban J connectivity index is 1.74. The van der Waals surface area contributed by atoms with Crippen molar-refractivity contribution in [1.29, 1.82) is 0 Å². The minimum absolute atomic E-state index is 0.142. The van der Waals surface area contributed by atoms with Crippen molar-refractivity contribution in [2.24, 2.45) is 0 Å². The number of carbonyl (C=O) groups is 1. The molecule has 2 fully saturated rings. The molecule has 96 valence electrons. The van der Waals surface area contributed by atoms with Crippen LogP contribution < -0.4 is 0 Å². The van der Waals surface area contributed by atoms with Crippen LogP contribution in [0.15, 0.2) is 11.6 Å². The van der Waals surface area contributed by atoms with Gasteiger partial charge in [0, 0.05) is 19.3 Å². The zero-order chi connectivity index (χ0) is 12.1. The van der Waals surface area contributed by atoms with E-state index in [2.05, 4.69) is 0 Å². The van der Waals surface area contributed by atoms with Crippen molar-refractivity contribution >= 4 is 5.97 Å². The van der Waals surface area contributed by atoms with Gasteiger partial charge in [-0.3, -0.25) is 4.79 Å². The number of hydrogen-bond donors (Lipinski definition) is 0. The Kier molecular flexibility index (Phi) is 4.18. The molecule has 0 atom stereocenters. The van der Waals surface area contributed by atoms with E-state index in [0.29, 0.717) is 26.2 Å². The van der Waals surface area contributed by atoms with Crippen LogP contribution in [-0.2, 0) is 19.0 Å². The van der Waals surface area contributed by atoms with Crippen LogP contribution in [0.2, 0.25) is 0 Å². The predicted molar refractivity (Wildman–Crippen MR) is 62.4 cm³/mol. The first-order chi connectivity index (χ1) is 8.24. The monoisotopic (exact) mass is 240 g/mol. The fourth-order valence-corrected chi connectivity index (χ4v) is 2.30. The lowest BCUT2D eigenvalue weighted by molar-refractivity contribution is -0.171. The van der Waals surface area contributed by atoms with Gasteiger partial charge >= 0.3 is 5.97 Å². The summed E-state index contributed by atoms with van der Waals surface area (Å²) in [4.78, 5) is 11.0. The smallest absolute Gasteiger partial charge is 0.305 e. The Hall–Kier alpha value is -0.870. The van der Waals surface area contributed by atoms with Crippen LogP contribution in [0.4, 0.5) is 0 Å². The second-order valence-electron chi connectivity index (χ2n) is 4.51. The maximum absolute atomic E-state index is 11.0. The van der Waals surface area contributed by atoms with Crippen LogP contribution in [-0.4, -0.2) is 31.6 Å². The minimum Gasteiger partial charge on any atom is -0.461 e. The molecule has 1 saturated carbocycles. The van der Waals surface area contributed by atoms with Gasteiger partial charge in [-0.05, 0) is 18.9 Å². The SMILES string of the molecule is CCC(=O)OCC=C1CCC2(CC1)OCCO2. The van der Waals surface area contributed by atoms with Crippen LogP contribution in [0.3, 0.4) is 0 Å². The normalized spacial score (nSPS) is 22.8. The Bertz CT molecular complexity index is 291. The third-order valence-corrected chi connectivity index (χ3v) is 3.37. The highest BCUT2D eigenvalue weighted by molar-refractivity contribution is 5.68. The molecule has 0 N–H and O–H groups in total. The van der Waals surface area contributed by atoms with Crippen molar-refractivity contribution in [3.63, 3.8) is 0 Å². The number of ether oxygens (including phenoxy) is 3. The Morgan fingerprint density at radius 3 is 2.59 bits per heavy atom. The molecule has 1 spiro atoms. The van der Waals surface area contributed by atoms with Gasteiger partial charge in [0.2, 0.25) is 0 Å². The minimum atomic E-state index is -0.308. The highest BCUT2D eigenvalue weighted by atomic mass is 16.7. The van der Waals surface area contributed by atoms with Crippen molar-refractivity contribution in [1.82, 2.24) is 0 Å². The summed E-state index contributed by atoms with van der Waals surface area (Å²) in [7, 11) is 0. The Morgan fingerprint density at radius 2 is 2.00 bits per heavy atom. The van der Waals surface area contributed by atoms with Crippen LogP contribution in [0.1, 0.15) is 39.0 Å². The number of rotatable bonds is 3. The highest BCUT2D eigenvalue weighted by Gasteiger charge is 2.38. The summed E-state index contributed by atoms with van der Waals surface area (Å²) < 4.78 is 16.3. The second-order valence-corrected chi connectivity index (χ2v) is 4.51. The molecule has 1 saturated heterocycles. The third kappa shape index (κ3) is 3.30. The molecular formula is C13H20O4. The number of esters is 1. The average molecular weight is 240 g/mol. The summed E-state index contributed by atoms with van der Waals surface area (Å²) in [6.45, 7) is 3.63. The van der Waals surface area contributed by atoms with Gasteiger partial charge in [0.25, 0.3) is 0 Å². The van der Waals surface area contributed by atoms with Gasteiger partial charge in [-0.1, -0.05) is 12.5 Å². The zero-order valence-corrected chi connectivity index (χ0v) is 10.4. The quantitative estimate of drug-likeness (QED) is 0.560. The molecule has 0 aromatic rings. The highest BCUT2D eigenvalue weighted by Crippen LogP contribution is 2.37. The first-order valence-electron chi connectivity index (χ1n) is 6.35. The largest absolute Gasteiger partial charge is 0.461 e. The lowest BCUT2D eigenvalue weighted by Gasteiger charge is -2.32. The molecule has 0 radical (unpaired) electrons. The van der Waals surface area contributed by atoms with Gasteiger partial charge in [0.15, 0.2) is 5.79 Å². The summed E-state index contributed by atoms with van der Waals surface area (Å²) in [5, 5.41) is 0. The van der Waals surface area contributed by atoms with E-state index in [4.69, 9.17) is 14.2 Å². The standard InChI is InChI=1S/C13H20O4/c1-2-12(14)15-8-5-11-3-6-13(7-4-11)16-9-10-17-13/h5H,2-4,6-10H2,1H3. The molecule has 4 nitrogen and oxygen atoms in total. The Morgan fingerprint density at radius 1 is 1.35 bits per heavy atom. The van der Waals surface area contributed by atoms with Gasteiger partial charge in [-0.2, -0.15) is 0 Å². The molecule has 1 aliphatic heterocycles. The van der Waals surface area contributed by atoms with Crippen molar-refractivity contribution in [2.45, 2.75) is 44.8 Å². The number of allylic oxidation sites excluding steroid dienone is 1. The summed E-state index contributed by atoms with van der Waals surface area (Å²) in [5.74, 6) is -0.450. The van der Waals surface area contributed by atoms with E-state index in [1.165, 1.54) is 5.57 Å². The van der Waals surface area contributed by atoms with E-state index in [-0.39, 0.29) is 11.8 Å². The van der Waals surface area contributed by atoms with Crippen LogP contribution in [0.25, 0.3) is 0 Å². The second kappa shape index (κ2) is 5.65. The van der Waals surface area contributed by atoms with Gasteiger partial charge in [0.1, 0.15) is 6.61 Å². The molecule has 0 bridgehead atoms. The maximum atomic E-state index is 11.0. The van der Waals surface area contributed by atoms with E-state index in [1.54, 1.807) is 6.92 Å². The van der Waals surface area contributed by atoms with E-state index in [1.807, 2.05) is 6.08 Å². The van der Waals surface area contributed by atoms with Crippen LogP contribution >= 0.6 is 0 Å².